The first kappa shape index (κ1) is 24.0. The van der Waals surface area contributed by atoms with Crippen LogP contribution in [0.15, 0.2) is 88.1 Å². The molecule has 3 aromatic rings. The Hall–Kier alpha value is -1.04. The number of hydrogen-bond acceptors (Lipinski definition) is 1. The number of furan rings is 1. The summed E-state index contributed by atoms with van der Waals surface area (Å²) in [5.41, 5.74) is 2.57. The zero-order chi connectivity index (χ0) is 16.5. The maximum Gasteiger partial charge on any atom is 3.00 e. The molecule has 1 radical (unpaired) electrons. The second kappa shape index (κ2) is 10.5. The Morgan fingerprint density at radius 1 is 1.00 bits per heavy atom. The van der Waals surface area contributed by atoms with Crippen LogP contribution < -0.4 is 24.8 Å². The monoisotopic (exact) mass is 489 g/mol. The summed E-state index contributed by atoms with van der Waals surface area (Å²) >= 11 is 0. The molecule has 0 atom stereocenters. The molecule has 1 nitrogen and oxygen atoms in total. The zero-order valence-electron chi connectivity index (χ0n) is 15.0. The zero-order valence-corrected chi connectivity index (χ0v) is 19.9. The van der Waals surface area contributed by atoms with E-state index in [1.54, 1.807) is 0 Å². The number of halogens is 2. The molecule has 5 rings (SSSR count). The number of benzene rings is 1. The van der Waals surface area contributed by atoms with Gasteiger partial charge in [0.2, 0.25) is 0 Å². The van der Waals surface area contributed by atoms with E-state index >= 15 is 0 Å². The number of allylic oxidation sites excluding steroid dienone is 6. The van der Waals surface area contributed by atoms with Crippen molar-refractivity contribution < 1.29 is 55.4 Å². The van der Waals surface area contributed by atoms with Crippen LogP contribution in [0, 0.1) is 6.92 Å². The molecular formula is C22H18Cl2OPZr. The van der Waals surface area contributed by atoms with E-state index in [0.29, 0.717) is 0 Å². The Labute approximate surface area is 193 Å². The SMILES string of the molecule is CC1=PC2=CC=CC2=C1.Cc1ccc(-c2cc3ccccc3[cH-]2)o1.[Cl-].[Cl-].[Zr+3]. The first-order valence-electron chi connectivity index (χ1n) is 8.07. The largest absolute Gasteiger partial charge is 3.00 e. The second-order valence-electron chi connectivity index (χ2n) is 6.05. The molecule has 0 unspecified atom stereocenters. The minimum atomic E-state index is 0. The van der Waals surface area contributed by atoms with Crippen LogP contribution in [0.4, 0.5) is 0 Å². The Bertz CT molecular complexity index is 1000. The van der Waals surface area contributed by atoms with Gasteiger partial charge < -0.3 is 29.2 Å². The van der Waals surface area contributed by atoms with Gasteiger partial charge in [-0.05, 0) is 49.0 Å². The van der Waals surface area contributed by atoms with Crippen LogP contribution >= 0.6 is 8.20 Å². The van der Waals surface area contributed by atoms with E-state index in [1.807, 2.05) is 19.1 Å². The van der Waals surface area contributed by atoms with E-state index in [1.165, 1.54) is 35.2 Å². The van der Waals surface area contributed by atoms with Crippen molar-refractivity contribution in [3.63, 3.8) is 0 Å². The predicted molar refractivity (Wildman–Crippen MR) is 105 cm³/mol. The van der Waals surface area contributed by atoms with Crippen molar-refractivity contribution in [2.24, 2.45) is 0 Å². The third-order valence-electron chi connectivity index (χ3n) is 4.13. The van der Waals surface area contributed by atoms with Crippen molar-refractivity contribution in [1.82, 2.24) is 0 Å². The van der Waals surface area contributed by atoms with Crippen LogP contribution in [0.25, 0.3) is 22.1 Å². The summed E-state index contributed by atoms with van der Waals surface area (Å²) in [6.45, 7) is 4.13. The Morgan fingerprint density at radius 2 is 1.78 bits per heavy atom. The Morgan fingerprint density at radius 3 is 2.44 bits per heavy atom. The minimum Gasteiger partial charge on any atom is -1.00 e. The third kappa shape index (κ3) is 5.49. The molecule has 135 valence electrons. The summed E-state index contributed by atoms with van der Waals surface area (Å²) in [7, 11) is 1.40. The summed E-state index contributed by atoms with van der Waals surface area (Å²) in [5, 5.41) is 5.45. The van der Waals surface area contributed by atoms with Gasteiger partial charge in [0.05, 0.1) is 11.5 Å². The summed E-state index contributed by atoms with van der Waals surface area (Å²) < 4.78 is 5.60. The molecule has 2 aliphatic rings. The fourth-order valence-corrected chi connectivity index (χ4v) is 3.99. The standard InChI is InChI=1S/C14H11O.C8H7P.2ClH.Zr/c1-10-6-7-14(15-10)13-8-11-4-2-3-5-12(11)9-13;1-6-5-7-3-2-4-8(7)9-6;;;/h2-9H,1H3;2-5H,1H3;2*1H;/q-1;;;;+3/p-2. The average Bonchev–Trinajstić information content (AvgIpc) is 3.29. The molecule has 0 amide bonds. The van der Waals surface area contributed by atoms with Crippen LogP contribution in [-0.4, -0.2) is 5.29 Å². The average molecular weight is 491 g/mol. The topological polar surface area (TPSA) is 13.1 Å². The van der Waals surface area contributed by atoms with Gasteiger partial charge in [-0.1, -0.05) is 44.1 Å². The quantitative estimate of drug-likeness (QED) is 0.360. The smallest absolute Gasteiger partial charge is 1.00 e. The van der Waals surface area contributed by atoms with E-state index in [2.05, 4.69) is 67.6 Å². The minimum absolute atomic E-state index is 0. The fourth-order valence-electron chi connectivity index (χ4n) is 2.98. The van der Waals surface area contributed by atoms with Crippen molar-refractivity contribution in [2.75, 3.05) is 0 Å². The van der Waals surface area contributed by atoms with Crippen LogP contribution in [0.2, 0.25) is 0 Å². The van der Waals surface area contributed by atoms with Gasteiger partial charge in [-0.3, -0.25) is 0 Å². The Balaban J connectivity index is 0.000000266. The summed E-state index contributed by atoms with van der Waals surface area (Å²) in [5.74, 6) is 1.90. The first-order valence-corrected chi connectivity index (χ1v) is 8.96. The second-order valence-corrected chi connectivity index (χ2v) is 7.46. The number of aryl methyl sites for hydroxylation is 1. The van der Waals surface area contributed by atoms with E-state index in [4.69, 9.17) is 4.42 Å². The molecule has 1 aliphatic carbocycles. The molecule has 2 heterocycles. The van der Waals surface area contributed by atoms with Gasteiger partial charge in [0, 0.05) is 5.31 Å². The van der Waals surface area contributed by atoms with Crippen molar-refractivity contribution in [3.8, 4) is 11.3 Å². The molecule has 0 N–H and O–H groups in total. The number of rotatable bonds is 1. The van der Waals surface area contributed by atoms with Crippen LogP contribution in [-0.2, 0) is 26.2 Å². The molecule has 0 saturated heterocycles. The van der Waals surface area contributed by atoms with Gasteiger partial charge in [-0.2, -0.15) is 0 Å². The van der Waals surface area contributed by atoms with Crippen molar-refractivity contribution >= 4 is 24.3 Å². The predicted octanol–water partition coefficient (Wildman–Crippen LogP) is 0.651. The van der Waals surface area contributed by atoms with E-state index in [-0.39, 0.29) is 51.0 Å². The molecule has 0 bridgehead atoms. The Kier molecular flexibility index (Phi) is 9.33. The van der Waals surface area contributed by atoms with Gasteiger partial charge in [0.1, 0.15) is 0 Å². The van der Waals surface area contributed by atoms with Gasteiger partial charge in [0.25, 0.3) is 0 Å². The van der Waals surface area contributed by atoms with Gasteiger partial charge in [-0.15, -0.1) is 29.0 Å². The van der Waals surface area contributed by atoms with E-state index in [0.717, 1.165) is 17.1 Å². The van der Waals surface area contributed by atoms with Crippen LogP contribution in [0.3, 0.4) is 0 Å². The van der Waals surface area contributed by atoms with Gasteiger partial charge >= 0.3 is 26.2 Å². The first-order chi connectivity index (χ1) is 11.7. The van der Waals surface area contributed by atoms with Gasteiger partial charge in [0.15, 0.2) is 0 Å². The third-order valence-corrected chi connectivity index (χ3v) is 5.26. The molecule has 0 saturated carbocycles. The molecule has 0 spiro atoms. The normalized spacial score (nSPS) is 13.8. The van der Waals surface area contributed by atoms with E-state index in [9.17, 15) is 0 Å². The maximum absolute atomic E-state index is 5.60. The van der Waals surface area contributed by atoms with E-state index < -0.39 is 0 Å². The number of fused-ring (bicyclic) bond motifs is 2. The van der Waals surface area contributed by atoms with Gasteiger partial charge in [-0.25, -0.2) is 0 Å². The molecule has 0 fully saturated rings. The fraction of sp³-hybridized carbons (Fsp3) is 0.0909. The molecule has 5 heteroatoms. The summed E-state index contributed by atoms with van der Waals surface area (Å²) in [4.78, 5) is 0. The van der Waals surface area contributed by atoms with Crippen LogP contribution in [0.5, 0.6) is 0 Å². The molecule has 2 aromatic carbocycles. The van der Waals surface area contributed by atoms with Crippen molar-refractivity contribution in [2.45, 2.75) is 13.8 Å². The summed E-state index contributed by atoms with van der Waals surface area (Å²) in [6, 6.07) is 16.7. The molecule has 1 aliphatic heterocycles. The number of hydrogen-bond donors (Lipinski definition) is 0. The summed E-state index contributed by atoms with van der Waals surface area (Å²) in [6.07, 6.45) is 8.71. The molecule has 1 aromatic heterocycles. The van der Waals surface area contributed by atoms with Crippen molar-refractivity contribution in [1.29, 1.82) is 0 Å². The molecule has 27 heavy (non-hydrogen) atoms. The van der Waals surface area contributed by atoms with Crippen molar-refractivity contribution in [3.05, 3.63) is 89.5 Å². The van der Waals surface area contributed by atoms with Crippen LogP contribution in [0.1, 0.15) is 12.7 Å². The molecular weight excluding hydrogens is 473 g/mol. The maximum atomic E-state index is 5.60.